The van der Waals surface area contributed by atoms with Crippen LogP contribution in [0.15, 0.2) is 78.0 Å². The third-order valence-electron chi connectivity index (χ3n) is 4.29. The number of sulfonamides is 1. The van der Waals surface area contributed by atoms with E-state index >= 15 is 0 Å². The molecule has 0 aliphatic carbocycles. The summed E-state index contributed by atoms with van der Waals surface area (Å²) >= 11 is 0. The second-order valence-corrected chi connectivity index (χ2v) is 8.20. The average molecular weight is 426 g/mol. The van der Waals surface area contributed by atoms with Crippen LogP contribution in [0.4, 0.5) is 5.69 Å². The van der Waals surface area contributed by atoms with Crippen LogP contribution in [0.5, 0.6) is 5.75 Å². The van der Waals surface area contributed by atoms with Crippen LogP contribution in [0.2, 0.25) is 0 Å². The zero-order valence-corrected chi connectivity index (χ0v) is 17.6. The van der Waals surface area contributed by atoms with Crippen molar-refractivity contribution in [1.29, 1.82) is 0 Å². The molecule has 1 N–H and O–H groups in total. The lowest BCUT2D eigenvalue weighted by molar-refractivity contribution is -0.378. The maximum absolute atomic E-state index is 12.7. The molecule has 0 saturated carbocycles. The molecule has 156 valence electrons. The summed E-state index contributed by atoms with van der Waals surface area (Å²) in [6.45, 7) is 2.76. The van der Waals surface area contributed by atoms with Gasteiger partial charge in [-0.2, -0.15) is 0 Å². The van der Waals surface area contributed by atoms with Crippen LogP contribution >= 0.6 is 0 Å². The molecule has 30 heavy (non-hydrogen) atoms. The summed E-state index contributed by atoms with van der Waals surface area (Å²) in [7, 11) is -2.23. The summed E-state index contributed by atoms with van der Waals surface area (Å²) in [6.07, 6.45) is 3.61. The number of benzene rings is 2. The molecule has 0 radical (unpaired) electrons. The van der Waals surface area contributed by atoms with Crippen molar-refractivity contribution in [2.24, 2.45) is 0 Å². The van der Waals surface area contributed by atoms with Gasteiger partial charge in [-0.3, -0.25) is 4.79 Å². The van der Waals surface area contributed by atoms with Gasteiger partial charge in [0.25, 0.3) is 5.91 Å². The van der Waals surface area contributed by atoms with E-state index in [1.54, 1.807) is 48.5 Å². The van der Waals surface area contributed by atoms with Gasteiger partial charge < -0.3 is 14.4 Å². The summed E-state index contributed by atoms with van der Waals surface area (Å²) in [5.41, 5.74) is 1.50. The van der Waals surface area contributed by atoms with Gasteiger partial charge in [-0.15, -0.1) is 5.69 Å². The van der Waals surface area contributed by atoms with Crippen LogP contribution in [-0.2, 0) is 16.6 Å². The number of hydrogen-bond acceptors (Lipinski definition) is 4. The Morgan fingerprint density at radius 2 is 1.87 bits per heavy atom. The molecular weight excluding hydrogens is 402 g/mol. The number of pyridine rings is 1. The Morgan fingerprint density at radius 1 is 1.10 bits per heavy atom. The number of aromatic nitrogens is 1. The Balaban J connectivity index is 1.73. The predicted octanol–water partition coefficient (Wildman–Crippen LogP) is 3.57. The molecule has 0 saturated heterocycles. The smallest absolute Gasteiger partial charge is 0.253 e. The second-order valence-electron chi connectivity index (χ2n) is 6.59. The Kier molecular flexibility index (Phi) is 6.68. The summed E-state index contributed by atoms with van der Waals surface area (Å²) in [6, 6.07) is 16.1. The van der Waals surface area contributed by atoms with Gasteiger partial charge in [-0.25, -0.2) is 13.4 Å². The summed E-state index contributed by atoms with van der Waals surface area (Å²) < 4.78 is 34.4. The second kappa shape index (κ2) is 9.41. The maximum Gasteiger partial charge on any atom is 0.253 e. The van der Waals surface area contributed by atoms with Gasteiger partial charge in [-0.1, -0.05) is 18.2 Å². The number of amides is 1. The summed E-state index contributed by atoms with van der Waals surface area (Å²) in [5.74, 6) is 0.359. The zero-order valence-electron chi connectivity index (χ0n) is 16.8. The van der Waals surface area contributed by atoms with E-state index in [-0.39, 0.29) is 16.5 Å². The van der Waals surface area contributed by atoms with Crippen molar-refractivity contribution in [3.05, 3.63) is 88.9 Å². The molecule has 3 rings (SSSR count). The fraction of sp³-hybridized carbons (Fsp3) is 0.182. The molecule has 7 nitrogen and oxygen atoms in total. The van der Waals surface area contributed by atoms with Gasteiger partial charge in [0.15, 0.2) is 12.4 Å². The number of H-pyrrole nitrogens is 1. The first kappa shape index (κ1) is 21.3. The monoisotopic (exact) mass is 425 g/mol. The standard InChI is InChI=1S/C22H22N3O4S/c1-3-29-20-9-11-21(12-10-20)30(27,28)24-19-8-4-7-18(14-19)22(26)25(2)16-17-6-5-13-23-15-17/h4-15H,3,16H2,1-2H3/q-1/p+1. The molecule has 0 atom stereocenters. The van der Waals surface area contributed by atoms with Gasteiger partial charge in [0, 0.05) is 24.2 Å². The van der Waals surface area contributed by atoms with Crippen LogP contribution in [0.25, 0.3) is 4.72 Å². The normalized spacial score (nSPS) is 11.0. The van der Waals surface area contributed by atoms with E-state index in [0.29, 0.717) is 24.5 Å². The van der Waals surface area contributed by atoms with Crippen molar-refractivity contribution >= 4 is 21.6 Å². The minimum atomic E-state index is -3.92. The first-order chi connectivity index (χ1) is 14.4. The number of ether oxygens (including phenoxy) is 1. The Morgan fingerprint density at radius 3 is 2.53 bits per heavy atom. The molecule has 0 spiro atoms. The fourth-order valence-corrected chi connectivity index (χ4v) is 3.83. The van der Waals surface area contributed by atoms with E-state index in [1.165, 1.54) is 18.2 Å². The van der Waals surface area contributed by atoms with Crippen LogP contribution < -0.4 is 9.72 Å². The van der Waals surface area contributed by atoms with Crippen molar-refractivity contribution in [3.8, 4) is 5.75 Å². The van der Waals surface area contributed by atoms with Crippen LogP contribution in [0, 0.1) is 0 Å². The highest BCUT2D eigenvalue weighted by molar-refractivity contribution is 7.94. The number of hydrogen-bond donors (Lipinski definition) is 0. The number of nitrogens with zero attached hydrogens (tertiary/aromatic N) is 2. The van der Waals surface area contributed by atoms with Crippen molar-refractivity contribution in [2.75, 3.05) is 13.7 Å². The first-order valence-electron chi connectivity index (χ1n) is 9.40. The van der Waals surface area contributed by atoms with Gasteiger partial charge >= 0.3 is 0 Å². The van der Waals surface area contributed by atoms with Gasteiger partial charge in [0.2, 0.25) is 0 Å². The Labute approximate surface area is 176 Å². The van der Waals surface area contributed by atoms with Crippen molar-refractivity contribution in [3.63, 3.8) is 0 Å². The molecule has 8 heteroatoms. The van der Waals surface area contributed by atoms with Crippen molar-refractivity contribution in [2.45, 2.75) is 18.4 Å². The molecule has 0 aliphatic heterocycles. The predicted molar refractivity (Wildman–Crippen MR) is 113 cm³/mol. The molecule has 1 aromatic heterocycles. The third kappa shape index (κ3) is 5.36. The molecule has 0 bridgehead atoms. The first-order valence-corrected chi connectivity index (χ1v) is 10.8. The highest BCUT2D eigenvalue weighted by Crippen LogP contribution is 2.29. The zero-order chi connectivity index (χ0) is 21.6. The highest BCUT2D eigenvalue weighted by Gasteiger charge is 2.13. The molecule has 3 aromatic rings. The lowest BCUT2D eigenvalue weighted by Gasteiger charge is -2.23. The SMILES string of the molecule is CCOc1ccc(S(=O)(=O)[N-]c2cccc(C(=O)N(C)Cc3ccc[nH+]c3)c2)cc1. The number of aromatic amines is 1. The number of rotatable bonds is 8. The maximum atomic E-state index is 12.7. The Hall–Kier alpha value is -3.39. The molecule has 0 aliphatic rings. The van der Waals surface area contributed by atoms with Gasteiger partial charge in [-0.05, 0) is 43.3 Å². The Bertz CT molecular complexity index is 1100. The van der Waals surface area contributed by atoms with Crippen LogP contribution in [0.3, 0.4) is 0 Å². The van der Waals surface area contributed by atoms with E-state index in [9.17, 15) is 13.2 Å². The van der Waals surface area contributed by atoms with E-state index in [1.807, 2.05) is 25.3 Å². The van der Waals surface area contributed by atoms with Crippen LogP contribution in [0.1, 0.15) is 22.8 Å². The topological polar surface area (TPSA) is 91.9 Å². The third-order valence-corrected chi connectivity index (χ3v) is 5.61. The van der Waals surface area contributed by atoms with Gasteiger partial charge in [0.05, 0.1) is 18.0 Å². The molecule has 0 fully saturated rings. The number of nitrogens with one attached hydrogen (secondary N) is 1. The summed E-state index contributed by atoms with van der Waals surface area (Å²) in [5, 5.41) is 0. The number of carbonyl (C=O) groups excluding carboxylic acids is 1. The van der Waals surface area contributed by atoms with Crippen LogP contribution in [-0.4, -0.2) is 32.9 Å². The summed E-state index contributed by atoms with van der Waals surface area (Å²) in [4.78, 5) is 17.3. The van der Waals surface area contributed by atoms with Crippen molar-refractivity contribution < 1.29 is 22.9 Å². The van der Waals surface area contributed by atoms with E-state index < -0.39 is 10.0 Å². The molecular formula is C22H23N3O4S. The lowest BCUT2D eigenvalue weighted by Crippen LogP contribution is -2.26. The quantitative estimate of drug-likeness (QED) is 0.552. The highest BCUT2D eigenvalue weighted by atomic mass is 32.2. The fourth-order valence-electron chi connectivity index (χ4n) is 2.86. The molecule has 1 heterocycles. The molecule has 0 unspecified atom stereocenters. The molecule has 1 amide bonds. The van der Waals surface area contributed by atoms with Crippen molar-refractivity contribution in [1.82, 2.24) is 4.90 Å². The largest absolute Gasteiger partial charge is 0.573 e. The molecule has 2 aromatic carbocycles. The lowest BCUT2D eigenvalue weighted by atomic mass is 10.1. The van der Waals surface area contributed by atoms with Gasteiger partial charge in [0.1, 0.15) is 15.8 Å². The minimum absolute atomic E-state index is 0.0557. The van der Waals surface area contributed by atoms with E-state index in [0.717, 1.165) is 5.56 Å². The van der Waals surface area contributed by atoms with E-state index in [2.05, 4.69) is 9.71 Å². The average Bonchev–Trinajstić information content (AvgIpc) is 2.74. The minimum Gasteiger partial charge on any atom is -0.573 e. The number of carbonyl (C=O) groups is 1. The van der Waals surface area contributed by atoms with E-state index in [4.69, 9.17) is 4.74 Å².